The van der Waals surface area contributed by atoms with E-state index in [0.29, 0.717) is 24.6 Å². The maximum Gasteiger partial charge on any atom is 0.273 e. The number of carbonyl (C=O) groups is 1. The van der Waals surface area contributed by atoms with Gasteiger partial charge in [-0.1, -0.05) is 38.1 Å². The standard InChI is InChI=1S/C17H17N5O/c1-11(2)15-7-14(20-17-18-10-19-22(15)17)16(23)21-8-12-5-3-4-6-13(12)9-21/h3-7,10-11H,8-9H2,1-2H3. The lowest BCUT2D eigenvalue weighted by molar-refractivity contribution is 0.0745. The first-order valence-electron chi connectivity index (χ1n) is 7.70. The minimum Gasteiger partial charge on any atom is -0.329 e. The molecule has 6 heteroatoms. The Morgan fingerprint density at radius 1 is 1.17 bits per heavy atom. The number of benzene rings is 1. The van der Waals surface area contributed by atoms with Gasteiger partial charge in [-0.05, 0) is 23.1 Å². The fraction of sp³-hybridized carbons (Fsp3) is 0.294. The van der Waals surface area contributed by atoms with Gasteiger partial charge < -0.3 is 4.90 Å². The lowest BCUT2D eigenvalue weighted by atomic mass is 10.1. The number of hydrogen-bond acceptors (Lipinski definition) is 4. The van der Waals surface area contributed by atoms with Gasteiger partial charge in [0, 0.05) is 13.1 Å². The Morgan fingerprint density at radius 2 is 1.87 bits per heavy atom. The molecule has 1 amide bonds. The third-order valence-corrected chi connectivity index (χ3v) is 4.22. The summed E-state index contributed by atoms with van der Waals surface area (Å²) in [5.74, 6) is 0.634. The molecule has 1 aromatic carbocycles. The molecular formula is C17H17N5O. The Kier molecular flexibility index (Phi) is 3.11. The van der Waals surface area contributed by atoms with Crippen molar-refractivity contribution in [3.8, 4) is 0 Å². The quantitative estimate of drug-likeness (QED) is 0.729. The van der Waals surface area contributed by atoms with Gasteiger partial charge in [0.1, 0.15) is 12.0 Å². The van der Waals surface area contributed by atoms with E-state index in [-0.39, 0.29) is 11.8 Å². The number of amides is 1. The van der Waals surface area contributed by atoms with Crippen molar-refractivity contribution in [2.24, 2.45) is 0 Å². The molecule has 4 rings (SSSR count). The molecule has 0 saturated heterocycles. The van der Waals surface area contributed by atoms with Crippen LogP contribution < -0.4 is 0 Å². The van der Waals surface area contributed by atoms with Crippen LogP contribution in [0.15, 0.2) is 36.7 Å². The third kappa shape index (κ3) is 2.27. The van der Waals surface area contributed by atoms with E-state index in [0.717, 1.165) is 5.69 Å². The van der Waals surface area contributed by atoms with E-state index in [1.807, 2.05) is 23.1 Å². The summed E-state index contributed by atoms with van der Waals surface area (Å²) in [5, 5.41) is 4.19. The van der Waals surface area contributed by atoms with E-state index in [2.05, 4.69) is 41.0 Å². The van der Waals surface area contributed by atoms with Crippen molar-refractivity contribution >= 4 is 11.7 Å². The number of carbonyl (C=O) groups excluding carboxylic acids is 1. The number of hydrogen-bond donors (Lipinski definition) is 0. The second-order valence-corrected chi connectivity index (χ2v) is 6.12. The SMILES string of the molecule is CC(C)c1cc(C(=O)N2Cc3ccccc3C2)nc2ncnn12. The second-order valence-electron chi connectivity index (χ2n) is 6.12. The fourth-order valence-electron chi connectivity index (χ4n) is 2.99. The normalized spacial score (nSPS) is 13.8. The van der Waals surface area contributed by atoms with Crippen LogP contribution in [0.3, 0.4) is 0 Å². The van der Waals surface area contributed by atoms with E-state index < -0.39 is 0 Å². The van der Waals surface area contributed by atoms with Crippen molar-refractivity contribution in [1.29, 1.82) is 0 Å². The fourth-order valence-corrected chi connectivity index (χ4v) is 2.99. The molecular weight excluding hydrogens is 290 g/mol. The Balaban J connectivity index is 1.71. The van der Waals surface area contributed by atoms with Gasteiger partial charge >= 0.3 is 0 Å². The van der Waals surface area contributed by atoms with E-state index >= 15 is 0 Å². The highest BCUT2D eigenvalue weighted by Crippen LogP contribution is 2.24. The minimum atomic E-state index is -0.0615. The van der Waals surface area contributed by atoms with Crippen LogP contribution in [0.2, 0.25) is 0 Å². The van der Waals surface area contributed by atoms with Crippen LogP contribution in [0.25, 0.3) is 5.78 Å². The molecule has 116 valence electrons. The predicted octanol–water partition coefficient (Wildman–Crippen LogP) is 2.40. The van der Waals surface area contributed by atoms with Gasteiger partial charge in [0.15, 0.2) is 0 Å². The van der Waals surface area contributed by atoms with Crippen molar-refractivity contribution in [3.63, 3.8) is 0 Å². The first-order valence-corrected chi connectivity index (χ1v) is 7.70. The molecule has 0 fully saturated rings. The Hall–Kier alpha value is -2.76. The van der Waals surface area contributed by atoms with Gasteiger partial charge in [-0.25, -0.2) is 9.50 Å². The molecule has 1 aliphatic rings. The van der Waals surface area contributed by atoms with E-state index in [1.54, 1.807) is 4.52 Å². The van der Waals surface area contributed by atoms with Crippen molar-refractivity contribution in [2.75, 3.05) is 0 Å². The Bertz CT molecular complexity index is 874. The molecule has 6 nitrogen and oxygen atoms in total. The molecule has 0 radical (unpaired) electrons. The molecule has 0 saturated carbocycles. The summed E-state index contributed by atoms with van der Waals surface area (Å²) in [4.78, 5) is 23.2. The molecule has 0 bridgehead atoms. The summed E-state index contributed by atoms with van der Waals surface area (Å²) in [6.45, 7) is 5.39. The van der Waals surface area contributed by atoms with Crippen LogP contribution in [0.1, 0.15) is 47.1 Å². The topological polar surface area (TPSA) is 63.4 Å². The van der Waals surface area contributed by atoms with Crippen LogP contribution in [-0.2, 0) is 13.1 Å². The van der Waals surface area contributed by atoms with Crippen LogP contribution >= 0.6 is 0 Å². The molecule has 1 aliphatic heterocycles. The monoisotopic (exact) mass is 307 g/mol. The molecule has 2 aromatic heterocycles. The average molecular weight is 307 g/mol. The van der Waals surface area contributed by atoms with Crippen molar-refractivity contribution in [1.82, 2.24) is 24.5 Å². The van der Waals surface area contributed by atoms with Crippen LogP contribution in [0, 0.1) is 0 Å². The maximum absolute atomic E-state index is 12.9. The van der Waals surface area contributed by atoms with Gasteiger partial charge in [-0.15, -0.1) is 0 Å². The van der Waals surface area contributed by atoms with Gasteiger partial charge in [0.2, 0.25) is 0 Å². The number of aromatic nitrogens is 4. The zero-order chi connectivity index (χ0) is 16.0. The van der Waals surface area contributed by atoms with Crippen LogP contribution in [0.5, 0.6) is 0 Å². The van der Waals surface area contributed by atoms with Crippen molar-refractivity contribution < 1.29 is 4.79 Å². The first-order chi connectivity index (χ1) is 11.1. The van der Waals surface area contributed by atoms with Crippen molar-refractivity contribution in [3.05, 3.63) is 59.2 Å². The minimum absolute atomic E-state index is 0.0615. The predicted molar refractivity (Wildman–Crippen MR) is 84.9 cm³/mol. The van der Waals surface area contributed by atoms with E-state index in [1.165, 1.54) is 17.5 Å². The largest absolute Gasteiger partial charge is 0.329 e. The zero-order valence-corrected chi connectivity index (χ0v) is 13.1. The summed E-state index contributed by atoms with van der Waals surface area (Å²) in [7, 11) is 0. The lowest BCUT2D eigenvalue weighted by Crippen LogP contribution is -2.27. The zero-order valence-electron chi connectivity index (χ0n) is 13.1. The maximum atomic E-state index is 12.9. The summed E-state index contributed by atoms with van der Waals surface area (Å²) in [5.41, 5.74) is 3.77. The summed E-state index contributed by atoms with van der Waals surface area (Å²) < 4.78 is 1.69. The molecule has 0 N–H and O–H groups in total. The molecule has 0 spiro atoms. The summed E-state index contributed by atoms with van der Waals surface area (Å²) in [6, 6.07) is 9.97. The average Bonchev–Trinajstić information content (AvgIpc) is 3.19. The van der Waals surface area contributed by atoms with Gasteiger partial charge in [0.05, 0.1) is 5.69 Å². The second kappa shape index (κ2) is 5.15. The summed E-state index contributed by atoms with van der Waals surface area (Å²) >= 11 is 0. The first kappa shape index (κ1) is 13.9. The highest BCUT2D eigenvalue weighted by Gasteiger charge is 2.26. The highest BCUT2D eigenvalue weighted by molar-refractivity contribution is 5.93. The molecule has 0 atom stereocenters. The third-order valence-electron chi connectivity index (χ3n) is 4.22. The summed E-state index contributed by atoms with van der Waals surface area (Å²) in [6.07, 6.45) is 1.47. The number of nitrogens with zero attached hydrogens (tertiary/aromatic N) is 5. The van der Waals surface area contributed by atoms with Gasteiger partial charge in [-0.3, -0.25) is 4.79 Å². The van der Waals surface area contributed by atoms with Gasteiger partial charge in [0.25, 0.3) is 11.7 Å². The van der Waals surface area contributed by atoms with E-state index in [4.69, 9.17) is 0 Å². The lowest BCUT2D eigenvalue weighted by Gasteiger charge is -2.16. The molecule has 3 aromatic rings. The highest BCUT2D eigenvalue weighted by atomic mass is 16.2. The van der Waals surface area contributed by atoms with Gasteiger partial charge in [-0.2, -0.15) is 10.1 Å². The van der Waals surface area contributed by atoms with Crippen molar-refractivity contribution in [2.45, 2.75) is 32.9 Å². The van der Waals surface area contributed by atoms with Crippen LogP contribution in [0.4, 0.5) is 0 Å². The van der Waals surface area contributed by atoms with E-state index in [9.17, 15) is 4.79 Å². The van der Waals surface area contributed by atoms with Crippen LogP contribution in [-0.4, -0.2) is 30.4 Å². The smallest absolute Gasteiger partial charge is 0.273 e. The molecule has 0 unspecified atom stereocenters. The Labute approximate surface area is 133 Å². The Morgan fingerprint density at radius 3 is 2.52 bits per heavy atom. The molecule has 3 heterocycles. The number of rotatable bonds is 2. The molecule has 23 heavy (non-hydrogen) atoms. The number of fused-ring (bicyclic) bond motifs is 2. The molecule has 0 aliphatic carbocycles.